The molecule has 0 fully saturated rings. The van der Waals surface area contributed by atoms with Crippen LogP contribution in [-0.4, -0.2) is 29.2 Å². The van der Waals surface area contributed by atoms with Crippen LogP contribution in [0, 0.1) is 13.8 Å². The first-order chi connectivity index (χ1) is 13.8. The van der Waals surface area contributed by atoms with Crippen LogP contribution >= 0.6 is 0 Å². The Bertz CT molecular complexity index is 1200. The van der Waals surface area contributed by atoms with Crippen LogP contribution < -0.4 is 5.63 Å². The molecule has 29 heavy (non-hydrogen) atoms. The number of hydrogen-bond acceptors (Lipinski definition) is 6. The summed E-state index contributed by atoms with van der Waals surface area (Å²) in [6.45, 7) is 3.16. The number of amides is 2. The summed E-state index contributed by atoms with van der Waals surface area (Å²) in [5.74, 6) is -1.80. The van der Waals surface area contributed by atoms with Crippen molar-refractivity contribution in [1.82, 2.24) is 4.90 Å². The highest BCUT2D eigenvalue weighted by atomic mass is 16.5. The standard InChI is InChI=1S/C22H17NO6/c1-12-7-17-14(9-19(24)29-18(17)8-13(12)2)11-28-20(25)10-23-21(26)15-5-3-4-6-16(15)22(23)27/h3-9H,10-11H2,1-2H3. The number of fused-ring (bicyclic) bond motifs is 2. The predicted molar refractivity (Wildman–Crippen MR) is 104 cm³/mol. The molecule has 3 aromatic rings. The second-order valence-electron chi connectivity index (χ2n) is 6.93. The van der Waals surface area contributed by atoms with Crippen molar-refractivity contribution in [3.63, 3.8) is 0 Å². The molecule has 7 heteroatoms. The van der Waals surface area contributed by atoms with E-state index < -0.39 is 30.0 Å². The first-order valence-corrected chi connectivity index (χ1v) is 9.00. The second kappa shape index (κ2) is 7.01. The molecule has 0 N–H and O–H groups in total. The van der Waals surface area contributed by atoms with Gasteiger partial charge in [-0.15, -0.1) is 0 Å². The lowest BCUT2D eigenvalue weighted by Gasteiger charge is -2.13. The molecular weight excluding hydrogens is 374 g/mol. The fourth-order valence-corrected chi connectivity index (χ4v) is 3.32. The van der Waals surface area contributed by atoms with Crippen molar-refractivity contribution >= 4 is 28.8 Å². The number of esters is 1. The van der Waals surface area contributed by atoms with Crippen LogP contribution in [0.2, 0.25) is 0 Å². The van der Waals surface area contributed by atoms with Crippen LogP contribution in [0.1, 0.15) is 37.4 Å². The third-order valence-electron chi connectivity index (χ3n) is 5.00. The number of nitrogens with zero attached hydrogens (tertiary/aromatic N) is 1. The minimum Gasteiger partial charge on any atom is -0.459 e. The lowest BCUT2D eigenvalue weighted by Crippen LogP contribution is -2.35. The van der Waals surface area contributed by atoms with Crippen LogP contribution in [0.4, 0.5) is 0 Å². The van der Waals surface area contributed by atoms with E-state index in [0.717, 1.165) is 16.0 Å². The molecule has 2 aromatic carbocycles. The first-order valence-electron chi connectivity index (χ1n) is 9.00. The van der Waals surface area contributed by atoms with Gasteiger partial charge in [-0.05, 0) is 49.2 Å². The number of carbonyl (C=O) groups excluding carboxylic acids is 3. The molecule has 0 unspecified atom stereocenters. The van der Waals surface area contributed by atoms with Crippen molar-refractivity contribution in [3.8, 4) is 0 Å². The molecule has 7 nitrogen and oxygen atoms in total. The number of rotatable bonds is 4. The van der Waals surface area contributed by atoms with Crippen molar-refractivity contribution in [2.24, 2.45) is 0 Å². The Morgan fingerprint density at radius 2 is 1.59 bits per heavy atom. The van der Waals surface area contributed by atoms with Gasteiger partial charge in [0.15, 0.2) is 0 Å². The molecule has 1 aliphatic rings. The van der Waals surface area contributed by atoms with Crippen molar-refractivity contribution in [1.29, 1.82) is 0 Å². The SMILES string of the molecule is Cc1cc2oc(=O)cc(COC(=O)CN3C(=O)c4ccccc4C3=O)c2cc1C. The molecular formula is C22H17NO6. The van der Waals surface area contributed by atoms with Gasteiger partial charge in [-0.25, -0.2) is 4.79 Å². The van der Waals surface area contributed by atoms with E-state index in [9.17, 15) is 19.2 Å². The number of carbonyl (C=O) groups is 3. The summed E-state index contributed by atoms with van der Waals surface area (Å²) in [6, 6.07) is 11.3. The zero-order chi connectivity index (χ0) is 20.7. The quantitative estimate of drug-likeness (QED) is 0.386. The van der Waals surface area contributed by atoms with E-state index in [0.29, 0.717) is 16.5 Å². The highest BCUT2D eigenvalue weighted by Crippen LogP contribution is 2.24. The van der Waals surface area contributed by atoms with E-state index in [1.54, 1.807) is 30.3 Å². The van der Waals surface area contributed by atoms with E-state index in [1.165, 1.54) is 6.07 Å². The smallest absolute Gasteiger partial charge is 0.336 e. The Labute approximate surface area is 165 Å². The average Bonchev–Trinajstić information content (AvgIpc) is 2.93. The predicted octanol–water partition coefficient (Wildman–Crippen LogP) is 2.75. The molecule has 0 aliphatic carbocycles. The number of imide groups is 1. The maximum Gasteiger partial charge on any atom is 0.336 e. The Kier molecular flexibility index (Phi) is 4.50. The minimum atomic E-state index is -0.746. The van der Waals surface area contributed by atoms with Crippen LogP contribution in [0.3, 0.4) is 0 Å². The molecule has 146 valence electrons. The van der Waals surface area contributed by atoms with E-state index in [4.69, 9.17) is 9.15 Å². The van der Waals surface area contributed by atoms with Gasteiger partial charge in [-0.3, -0.25) is 19.3 Å². The molecule has 2 amide bonds. The Balaban J connectivity index is 1.51. The summed E-state index contributed by atoms with van der Waals surface area (Å²) < 4.78 is 10.5. The van der Waals surface area contributed by atoms with Crippen LogP contribution in [0.15, 0.2) is 51.7 Å². The summed E-state index contributed by atoms with van der Waals surface area (Å²) >= 11 is 0. The Morgan fingerprint density at radius 1 is 0.966 bits per heavy atom. The maximum absolute atomic E-state index is 12.3. The van der Waals surface area contributed by atoms with Crippen LogP contribution in [0.25, 0.3) is 11.0 Å². The topological polar surface area (TPSA) is 93.9 Å². The largest absolute Gasteiger partial charge is 0.459 e. The summed E-state index contributed by atoms with van der Waals surface area (Å²) in [7, 11) is 0. The number of benzene rings is 2. The van der Waals surface area contributed by atoms with Gasteiger partial charge >= 0.3 is 11.6 Å². The Morgan fingerprint density at radius 3 is 2.24 bits per heavy atom. The third-order valence-corrected chi connectivity index (χ3v) is 5.00. The molecule has 0 radical (unpaired) electrons. The highest BCUT2D eigenvalue weighted by Gasteiger charge is 2.36. The van der Waals surface area contributed by atoms with Gasteiger partial charge in [0.1, 0.15) is 18.7 Å². The molecule has 0 spiro atoms. The van der Waals surface area contributed by atoms with Gasteiger partial charge in [0.2, 0.25) is 0 Å². The van der Waals surface area contributed by atoms with Crippen molar-refractivity contribution in [2.75, 3.05) is 6.54 Å². The van der Waals surface area contributed by atoms with E-state index >= 15 is 0 Å². The highest BCUT2D eigenvalue weighted by molar-refractivity contribution is 6.22. The Hall–Kier alpha value is -3.74. The van der Waals surface area contributed by atoms with E-state index in [-0.39, 0.29) is 17.7 Å². The lowest BCUT2D eigenvalue weighted by atomic mass is 10.0. The summed E-state index contributed by atoms with van der Waals surface area (Å²) in [6.07, 6.45) is 0. The summed E-state index contributed by atoms with van der Waals surface area (Å²) in [5.41, 5.74) is 2.87. The zero-order valence-corrected chi connectivity index (χ0v) is 15.9. The second-order valence-corrected chi connectivity index (χ2v) is 6.93. The minimum absolute atomic E-state index is 0.174. The summed E-state index contributed by atoms with van der Waals surface area (Å²) in [4.78, 5) is 49.7. The van der Waals surface area contributed by atoms with E-state index in [1.807, 2.05) is 19.9 Å². The molecule has 4 rings (SSSR count). The fourth-order valence-electron chi connectivity index (χ4n) is 3.32. The zero-order valence-electron chi connectivity index (χ0n) is 15.9. The first kappa shape index (κ1) is 18.6. The third kappa shape index (κ3) is 3.31. The molecule has 2 heterocycles. The van der Waals surface area contributed by atoms with Gasteiger partial charge in [-0.2, -0.15) is 0 Å². The van der Waals surface area contributed by atoms with Gasteiger partial charge in [0.05, 0.1) is 11.1 Å². The monoisotopic (exact) mass is 391 g/mol. The average molecular weight is 391 g/mol. The van der Waals surface area contributed by atoms with Crippen LogP contribution in [0.5, 0.6) is 0 Å². The van der Waals surface area contributed by atoms with Gasteiger partial charge < -0.3 is 9.15 Å². The number of ether oxygens (including phenoxy) is 1. The van der Waals surface area contributed by atoms with Gasteiger partial charge in [0.25, 0.3) is 11.8 Å². The molecule has 1 aromatic heterocycles. The van der Waals surface area contributed by atoms with Gasteiger partial charge in [-0.1, -0.05) is 12.1 Å². The molecule has 0 saturated carbocycles. The molecule has 1 aliphatic heterocycles. The van der Waals surface area contributed by atoms with Crippen LogP contribution in [-0.2, 0) is 16.1 Å². The number of aryl methyl sites for hydroxylation is 2. The number of hydrogen-bond donors (Lipinski definition) is 0. The van der Waals surface area contributed by atoms with Crippen molar-refractivity contribution < 1.29 is 23.5 Å². The van der Waals surface area contributed by atoms with Gasteiger partial charge in [0, 0.05) is 17.0 Å². The molecule has 0 bridgehead atoms. The fraction of sp³-hybridized carbons (Fsp3) is 0.182. The summed E-state index contributed by atoms with van der Waals surface area (Å²) in [5, 5.41) is 0.668. The lowest BCUT2D eigenvalue weighted by molar-refractivity contribution is -0.145. The molecule has 0 atom stereocenters. The van der Waals surface area contributed by atoms with E-state index in [2.05, 4.69) is 0 Å². The maximum atomic E-state index is 12.3. The van der Waals surface area contributed by atoms with Crippen molar-refractivity contribution in [3.05, 3.63) is 80.7 Å². The van der Waals surface area contributed by atoms with Crippen molar-refractivity contribution in [2.45, 2.75) is 20.5 Å². The molecule has 0 saturated heterocycles. The normalized spacial score (nSPS) is 13.1.